The topological polar surface area (TPSA) is 12.9 Å². The van der Waals surface area contributed by atoms with Gasteiger partial charge in [0.05, 0.1) is 10.4 Å². The molecule has 0 aliphatic carbocycles. The van der Waals surface area contributed by atoms with Gasteiger partial charge in [-0.2, -0.15) is 0 Å². The summed E-state index contributed by atoms with van der Waals surface area (Å²) in [6.45, 7) is 3.65. The Morgan fingerprint density at radius 2 is 1.88 bits per heavy atom. The van der Waals surface area contributed by atoms with Crippen LogP contribution in [0.1, 0.15) is 18.2 Å². The average Bonchev–Trinajstić information content (AvgIpc) is 2.24. The molecule has 0 aliphatic heterocycles. The third-order valence-corrected chi connectivity index (χ3v) is 3.05. The molecule has 0 fully saturated rings. The monoisotopic (exact) mass is 241 g/mol. The number of rotatable bonds is 1. The van der Waals surface area contributed by atoms with E-state index >= 15 is 0 Å². The van der Waals surface area contributed by atoms with Crippen molar-refractivity contribution < 1.29 is 8.78 Å². The van der Waals surface area contributed by atoms with Gasteiger partial charge in [-0.1, -0.05) is 18.5 Å². The second-order valence-corrected chi connectivity index (χ2v) is 3.97. The van der Waals surface area contributed by atoms with Crippen molar-refractivity contribution in [2.24, 2.45) is 0 Å². The predicted octanol–water partition coefficient (Wildman–Crippen LogP) is 4.04. The van der Waals surface area contributed by atoms with Crippen molar-refractivity contribution in [3.63, 3.8) is 0 Å². The van der Waals surface area contributed by atoms with Crippen molar-refractivity contribution in [3.05, 3.63) is 40.0 Å². The molecule has 0 N–H and O–H groups in total. The van der Waals surface area contributed by atoms with E-state index in [0.29, 0.717) is 12.1 Å². The zero-order valence-electron chi connectivity index (χ0n) is 8.94. The molecule has 0 bridgehead atoms. The van der Waals surface area contributed by atoms with Gasteiger partial charge in [-0.15, -0.1) is 0 Å². The molecular formula is C12H10ClF2N. The first-order chi connectivity index (χ1) is 7.56. The molecule has 0 saturated heterocycles. The SMILES string of the molecule is CCc1c(C)nc2c(F)ccc(F)c2c1Cl. The van der Waals surface area contributed by atoms with E-state index in [-0.39, 0.29) is 15.9 Å². The van der Waals surface area contributed by atoms with Crippen LogP contribution in [0.3, 0.4) is 0 Å². The summed E-state index contributed by atoms with van der Waals surface area (Å²) in [5.41, 5.74) is 1.41. The molecule has 0 spiro atoms. The molecule has 1 aromatic carbocycles. The zero-order chi connectivity index (χ0) is 11.9. The van der Waals surface area contributed by atoms with Crippen LogP contribution in [-0.4, -0.2) is 4.98 Å². The Balaban J connectivity index is 2.98. The molecule has 0 radical (unpaired) electrons. The first kappa shape index (κ1) is 11.3. The van der Waals surface area contributed by atoms with E-state index in [1.807, 2.05) is 6.92 Å². The van der Waals surface area contributed by atoms with E-state index in [9.17, 15) is 8.78 Å². The van der Waals surface area contributed by atoms with Crippen LogP contribution in [0.4, 0.5) is 8.78 Å². The Kier molecular flexibility index (Phi) is 2.80. The summed E-state index contributed by atoms with van der Waals surface area (Å²) in [6, 6.07) is 2.13. The first-order valence-electron chi connectivity index (χ1n) is 4.99. The first-order valence-corrected chi connectivity index (χ1v) is 5.36. The van der Waals surface area contributed by atoms with Crippen molar-refractivity contribution in [1.82, 2.24) is 4.98 Å². The molecule has 16 heavy (non-hydrogen) atoms. The van der Waals surface area contributed by atoms with E-state index < -0.39 is 11.6 Å². The van der Waals surface area contributed by atoms with Crippen molar-refractivity contribution >= 4 is 22.5 Å². The highest BCUT2D eigenvalue weighted by atomic mass is 35.5. The van der Waals surface area contributed by atoms with Gasteiger partial charge in [0.25, 0.3) is 0 Å². The Hall–Kier alpha value is -1.22. The lowest BCUT2D eigenvalue weighted by Crippen LogP contribution is -1.98. The van der Waals surface area contributed by atoms with Gasteiger partial charge in [0.2, 0.25) is 0 Å². The molecule has 0 amide bonds. The summed E-state index contributed by atoms with van der Waals surface area (Å²) >= 11 is 6.08. The number of nitrogens with zero attached hydrogens (tertiary/aromatic N) is 1. The predicted molar refractivity (Wildman–Crippen MR) is 60.8 cm³/mol. The molecule has 0 saturated carbocycles. The standard InChI is InChI=1S/C12H10ClF2N/c1-3-7-6(2)16-12-9(15)5-4-8(14)10(12)11(7)13/h4-5H,3H2,1-2H3. The largest absolute Gasteiger partial charge is 0.250 e. The second kappa shape index (κ2) is 3.98. The van der Waals surface area contributed by atoms with E-state index in [0.717, 1.165) is 17.7 Å². The third-order valence-electron chi connectivity index (χ3n) is 2.63. The Labute approximate surface area is 97.1 Å². The third kappa shape index (κ3) is 1.55. The van der Waals surface area contributed by atoms with Crippen LogP contribution in [0.15, 0.2) is 12.1 Å². The fourth-order valence-corrected chi connectivity index (χ4v) is 2.27. The van der Waals surface area contributed by atoms with Crippen molar-refractivity contribution in [2.45, 2.75) is 20.3 Å². The van der Waals surface area contributed by atoms with Crippen LogP contribution >= 0.6 is 11.6 Å². The quantitative estimate of drug-likeness (QED) is 0.734. The number of pyridine rings is 1. The number of benzene rings is 1. The summed E-state index contributed by atoms with van der Waals surface area (Å²) in [5, 5.41) is 0.339. The molecule has 2 rings (SSSR count). The number of aryl methyl sites for hydroxylation is 1. The molecule has 0 unspecified atom stereocenters. The van der Waals surface area contributed by atoms with E-state index in [1.54, 1.807) is 6.92 Å². The highest BCUT2D eigenvalue weighted by Crippen LogP contribution is 2.31. The van der Waals surface area contributed by atoms with Crippen molar-refractivity contribution in [1.29, 1.82) is 0 Å². The van der Waals surface area contributed by atoms with Gasteiger partial charge < -0.3 is 0 Å². The fourth-order valence-electron chi connectivity index (χ4n) is 1.82. The number of fused-ring (bicyclic) bond motifs is 1. The number of aromatic nitrogens is 1. The minimum absolute atomic E-state index is 0.000278. The highest BCUT2D eigenvalue weighted by Gasteiger charge is 2.15. The van der Waals surface area contributed by atoms with Crippen molar-refractivity contribution in [2.75, 3.05) is 0 Å². The number of hydrogen-bond donors (Lipinski definition) is 0. The van der Waals surface area contributed by atoms with Gasteiger partial charge in [-0.3, -0.25) is 0 Å². The average molecular weight is 242 g/mol. The van der Waals surface area contributed by atoms with E-state index in [2.05, 4.69) is 4.98 Å². The molecule has 0 atom stereocenters. The molecule has 1 heterocycles. The van der Waals surface area contributed by atoms with Crippen LogP contribution in [0.25, 0.3) is 10.9 Å². The summed E-state index contributed by atoms with van der Waals surface area (Å²) in [7, 11) is 0. The van der Waals surface area contributed by atoms with Gasteiger partial charge in [-0.05, 0) is 31.0 Å². The van der Waals surface area contributed by atoms with Crippen LogP contribution in [-0.2, 0) is 6.42 Å². The number of halogens is 3. The lowest BCUT2D eigenvalue weighted by molar-refractivity contribution is 0.615. The Bertz CT molecular complexity index is 567. The lowest BCUT2D eigenvalue weighted by atomic mass is 10.1. The molecule has 2 aromatic rings. The minimum Gasteiger partial charge on any atom is -0.250 e. The van der Waals surface area contributed by atoms with Gasteiger partial charge in [-0.25, -0.2) is 13.8 Å². The minimum atomic E-state index is -0.552. The maximum Gasteiger partial charge on any atom is 0.149 e. The van der Waals surface area contributed by atoms with E-state index in [1.165, 1.54) is 0 Å². The smallest absolute Gasteiger partial charge is 0.149 e. The summed E-state index contributed by atoms with van der Waals surface area (Å²) in [4.78, 5) is 4.07. The number of hydrogen-bond acceptors (Lipinski definition) is 1. The highest BCUT2D eigenvalue weighted by molar-refractivity contribution is 6.36. The van der Waals surface area contributed by atoms with Crippen molar-refractivity contribution in [3.8, 4) is 0 Å². The molecule has 0 aliphatic rings. The Morgan fingerprint density at radius 3 is 2.50 bits per heavy atom. The van der Waals surface area contributed by atoms with Crippen LogP contribution < -0.4 is 0 Å². The molecule has 4 heteroatoms. The maximum absolute atomic E-state index is 13.6. The van der Waals surface area contributed by atoms with Crippen LogP contribution in [0.5, 0.6) is 0 Å². The normalized spacial score (nSPS) is 11.1. The molecule has 1 nitrogen and oxygen atoms in total. The maximum atomic E-state index is 13.6. The summed E-state index contributed by atoms with van der Waals surface area (Å²) in [5.74, 6) is -1.09. The van der Waals surface area contributed by atoms with Gasteiger partial charge >= 0.3 is 0 Å². The molecule has 84 valence electrons. The van der Waals surface area contributed by atoms with Crippen LogP contribution in [0, 0.1) is 18.6 Å². The van der Waals surface area contributed by atoms with E-state index in [4.69, 9.17) is 11.6 Å². The lowest BCUT2D eigenvalue weighted by Gasteiger charge is -2.10. The zero-order valence-corrected chi connectivity index (χ0v) is 9.70. The molecular weight excluding hydrogens is 232 g/mol. The van der Waals surface area contributed by atoms with Crippen LogP contribution in [0.2, 0.25) is 5.02 Å². The fraction of sp³-hybridized carbons (Fsp3) is 0.250. The Morgan fingerprint density at radius 1 is 1.25 bits per heavy atom. The van der Waals surface area contributed by atoms with Gasteiger partial charge in [0.15, 0.2) is 0 Å². The summed E-state index contributed by atoms with van der Waals surface area (Å²) < 4.78 is 27.1. The van der Waals surface area contributed by atoms with Gasteiger partial charge in [0.1, 0.15) is 17.2 Å². The molecule has 1 aromatic heterocycles. The summed E-state index contributed by atoms with van der Waals surface area (Å²) in [6.07, 6.45) is 0.642. The second-order valence-electron chi connectivity index (χ2n) is 3.60. The van der Waals surface area contributed by atoms with Gasteiger partial charge in [0, 0.05) is 5.69 Å².